The predicted molar refractivity (Wildman–Crippen MR) is 75.3 cm³/mol. The lowest BCUT2D eigenvalue weighted by Gasteiger charge is -2.32. The van der Waals surface area contributed by atoms with Gasteiger partial charge in [-0.15, -0.1) is 0 Å². The molecule has 0 spiro atoms. The van der Waals surface area contributed by atoms with Crippen LogP contribution in [-0.2, 0) is 6.18 Å². The molecule has 0 radical (unpaired) electrons. The number of benzene rings is 1. The van der Waals surface area contributed by atoms with Crippen LogP contribution < -0.4 is 5.32 Å². The minimum absolute atomic E-state index is 0.0280. The van der Waals surface area contributed by atoms with Gasteiger partial charge in [0, 0.05) is 30.4 Å². The summed E-state index contributed by atoms with van der Waals surface area (Å²) in [6, 6.07) is 3.68. The molecule has 0 bridgehead atoms. The first-order valence-electron chi connectivity index (χ1n) is 6.88. The van der Waals surface area contributed by atoms with Crippen molar-refractivity contribution in [1.82, 2.24) is 4.90 Å². The third kappa shape index (κ3) is 2.99. The van der Waals surface area contributed by atoms with E-state index in [0.717, 1.165) is 18.9 Å². The van der Waals surface area contributed by atoms with Crippen LogP contribution in [0, 0.1) is 0 Å². The molecule has 1 aliphatic rings. The Morgan fingerprint density at radius 2 is 2.00 bits per heavy atom. The van der Waals surface area contributed by atoms with Gasteiger partial charge < -0.3 is 10.2 Å². The molecular formula is C15H19F3N2O. The number of hydrogen-bond acceptors (Lipinski definition) is 2. The summed E-state index contributed by atoms with van der Waals surface area (Å²) in [5.74, 6) is -0.342. The van der Waals surface area contributed by atoms with Crippen LogP contribution in [0.15, 0.2) is 18.2 Å². The summed E-state index contributed by atoms with van der Waals surface area (Å²) >= 11 is 0. The third-order valence-electron chi connectivity index (χ3n) is 3.99. The van der Waals surface area contributed by atoms with Crippen molar-refractivity contribution in [2.75, 3.05) is 18.9 Å². The molecule has 1 amide bonds. The monoisotopic (exact) mass is 300 g/mol. The van der Waals surface area contributed by atoms with E-state index < -0.39 is 11.7 Å². The predicted octanol–water partition coefficient (Wildman–Crippen LogP) is 3.76. The minimum atomic E-state index is -4.49. The molecule has 1 saturated heterocycles. The van der Waals surface area contributed by atoms with Crippen LogP contribution in [0.2, 0.25) is 0 Å². The average molecular weight is 300 g/mol. The van der Waals surface area contributed by atoms with Crippen molar-refractivity contribution in [3.8, 4) is 0 Å². The van der Waals surface area contributed by atoms with E-state index in [1.165, 1.54) is 19.2 Å². The molecule has 1 aromatic carbocycles. The Morgan fingerprint density at radius 1 is 1.33 bits per heavy atom. The number of carbonyl (C=O) groups excluding carboxylic acids is 1. The van der Waals surface area contributed by atoms with E-state index in [-0.39, 0.29) is 22.7 Å². The van der Waals surface area contributed by atoms with E-state index in [1.807, 2.05) is 13.8 Å². The van der Waals surface area contributed by atoms with Crippen LogP contribution in [0.4, 0.5) is 18.9 Å². The van der Waals surface area contributed by atoms with E-state index in [2.05, 4.69) is 5.32 Å². The normalized spacial score (nSPS) is 17.9. The second kappa shape index (κ2) is 5.24. The summed E-state index contributed by atoms with van der Waals surface area (Å²) in [6.45, 7) is 4.45. The SMILES string of the molecule is CNc1ccc(C(=O)N2CCCC2(C)C)cc1C(F)(F)F. The molecule has 0 aliphatic carbocycles. The van der Waals surface area contributed by atoms with Gasteiger partial charge in [-0.1, -0.05) is 0 Å². The smallest absolute Gasteiger partial charge is 0.388 e. The highest BCUT2D eigenvalue weighted by molar-refractivity contribution is 5.95. The highest BCUT2D eigenvalue weighted by Crippen LogP contribution is 2.36. The van der Waals surface area contributed by atoms with Crippen LogP contribution in [0.25, 0.3) is 0 Å². The topological polar surface area (TPSA) is 32.3 Å². The molecule has 2 rings (SSSR count). The number of amides is 1. The summed E-state index contributed by atoms with van der Waals surface area (Å²) in [7, 11) is 1.43. The van der Waals surface area contributed by atoms with Crippen LogP contribution in [0.1, 0.15) is 42.6 Å². The lowest BCUT2D eigenvalue weighted by Crippen LogP contribution is -2.42. The van der Waals surface area contributed by atoms with Gasteiger partial charge in [0.05, 0.1) is 5.56 Å². The minimum Gasteiger partial charge on any atom is -0.388 e. The number of halogens is 3. The molecule has 21 heavy (non-hydrogen) atoms. The first-order chi connectivity index (χ1) is 9.66. The number of hydrogen-bond donors (Lipinski definition) is 1. The molecule has 1 heterocycles. The van der Waals surface area contributed by atoms with Crippen molar-refractivity contribution in [2.24, 2.45) is 0 Å². The Bertz CT molecular complexity index is 552. The van der Waals surface area contributed by atoms with Crippen molar-refractivity contribution in [1.29, 1.82) is 0 Å². The molecular weight excluding hydrogens is 281 g/mol. The fourth-order valence-electron chi connectivity index (χ4n) is 2.77. The van der Waals surface area contributed by atoms with Crippen molar-refractivity contribution < 1.29 is 18.0 Å². The second-order valence-corrected chi connectivity index (χ2v) is 5.88. The summed E-state index contributed by atoms with van der Waals surface area (Å²) in [5.41, 5.74) is -1.07. The Morgan fingerprint density at radius 3 is 2.48 bits per heavy atom. The summed E-state index contributed by atoms with van der Waals surface area (Å²) < 4.78 is 39.1. The van der Waals surface area contributed by atoms with Crippen molar-refractivity contribution in [2.45, 2.75) is 38.4 Å². The van der Waals surface area contributed by atoms with Gasteiger partial charge in [-0.05, 0) is 44.9 Å². The standard InChI is InChI=1S/C15H19F3N2O/c1-14(2)7-4-8-20(14)13(21)10-5-6-12(19-3)11(9-10)15(16,17)18/h5-6,9,19H,4,7-8H2,1-3H3. The molecule has 1 N–H and O–H groups in total. The van der Waals surface area contributed by atoms with E-state index >= 15 is 0 Å². The van der Waals surface area contributed by atoms with E-state index in [0.29, 0.717) is 6.54 Å². The Labute approximate surface area is 122 Å². The van der Waals surface area contributed by atoms with Gasteiger partial charge in [0.15, 0.2) is 0 Å². The van der Waals surface area contributed by atoms with Crippen molar-refractivity contribution in [3.05, 3.63) is 29.3 Å². The van der Waals surface area contributed by atoms with Crippen LogP contribution in [0.3, 0.4) is 0 Å². The number of alkyl halides is 3. The molecule has 0 saturated carbocycles. The molecule has 0 unspecified atom stereocenters. The summed E-state index contributed by atoms with van der Waals surface area (Å²) in [6.07, 6.45) is -2.76. The van der Waals surface area contributed by atoms with Crippen molar-refractivity contribution in [3.63, 3.8) is 0 Å². The van der Waals surface area contributed by atoms with Gasteiger partial charge in [0.1, 0.15) is 0 Å². The Hall–Kier alpha value is -1.72. The fourth-order valence-corrected chi connectivity index (χ4v) is 2.77. The maximum atomic E-state index is 13.0. The highest BCUT2D eigenvalue weighted by atomic mass is 19.4. The number of anilines is 1. The Balaban J connectivity index is 2.39. The quantitative estimate of drug-likeness (QED) is 0.902. The van der Waals surface area contributed by atoms with Gasteiger partial charge in [-0.2, -0.15) is 13.2 Å². The van der Waals surface area contributed by atoms with Gasteiger partial charge in [0.2, 0.25) is 0 Å². The highest BCUT2D eigenvalue weighted by Gasteiger charge is 2.38. The van der Waals surface area contributed by atoms with Crippen LogP contribution in [0.5, 0.6) is 0 Å². The van der Waals surface area contributed by atoms with E-state index in [4.69, 9.17) is 0 Å². The molecule has 6 heteroatoms. The second-order valence-electron chi connectivity index (χ2n) is 5.88. The molecule has 0 aromatic heterocycles. The van der Waals surface area contributed by atoms with E-state index in [9.17, 15) is 18.0 Å². The number of carbonyl (C=O) groups is 1. The molecule has 1 aliphatic heterocycles. The summed E-state index contributed by atoms with van der Waals surface area (Å²) in [4.78, 5) is 14.1. The maximum Gasteiger partial charge on any atom is 0.418 e. The van der Waals surface area contributed by atoms with Gasteiger partial charge in [0.25, 0.3) is 5.91 Å². The van der Waals surface area contributed by atoms with E-state index in [1.54, 1.807) is 4.90 Å². The maximum absolute atomic E-state index is 13.0. The number of nitrogens with zero attached hydrogens (tertiary/aromatic N) is 1. The van der Waals surface area contributed by atoms with Crippen molar-refractivity contribution >= 4 is 11.6 Å². The number of nitrogens with one attached hydrogen (secondary N) is 1. The molecule has 3 nitrogen and oxygen atoms in total. The third-order valence-corrected chi connectivity index (χ3v) is 3.99. The lowest BCUT2D eigenvalue weighted by molar-refractivity contribution is -0.136. The molecule has 116 valence electrons. The van der Waals surface area contributed by atoms with Gasteiger partial charge >= 0.3 is 6.18 Å². The largest absolute Gasteiger partial charge is 0.418 e. The van der Waals surface area contributed by atoms with Crippen LogP contribution in [-0.4, -0.2) is 29.9 Å². The first kappa shape index (κ1) is 15.7. The first-order valence-corrected chi connectivity index (χ1v) is 6.88. The van der Waals surface area contributed by atoms with Gasteiger partial charge in [-0.3, -0.25) is 4.79 Å². The molecule has 1 fully saturated rings. The number of likely N-dealkylation sites (tertiary alicyclic amines) is 1. The zero-order valence-corrected chi connectivity index (χ0v) is 12.3. The fraction of sp³-hybridized carbons (Fsp3) is 0.533. The molecule has 0 atom stereocenters. The zero-order valence-electron chi connectivity index (χ0n) is 12.3. The molecule has 1 aromatic rings. The van der Waals surface area contributed by atoms with Crippen LogP contribution >= 0.6 is 0 Å². The Kier molecular flexibility index (Phi) is 3.91. The zero-order chi connectivity index (χ0) is 15.8. The average Bonchev–Trinajstić information content (AvgIpc) is 2.75. The number of rotatable bonds is 2. The van der Waals surface area contributed by atoms with Gasteiger partial charge in [-0.25, -0.2) is 0 Å². The lowest BCUT2D eigenvalue weighted by atomic mass is 10.0. The summed E-state index contributed by atoms with van der Waals surface area (Å²) in [5, 5.41) is 2.51.